The second-order valence-corrected chi connectivity index (χ2v) is 9.88. The number of nitrogens with one attached hydrogen (secondary N) is 1. The number of benzene rings is 5. The number of furan rings is 2. The van der Waals surface area contributed by atoms with E-state index in [4.69, 9.17) is 18.8 Å². The number of H-pyrrole nitrogens is 1. The van der Waals surface area contributed by atoms with E-state index < -0.39 is 0 Å². The van der Waals surface area contributed by atoms with Crippen LogP contribution in [-0.2, 0) is 0 Å². The zero-order valence-corrected chi connectivity index (χ0v) is 20.6. The van der Waals surface area contributed by atoms with Gasteiger partial charge in [0.15, 0.2) is 11.4 Å². The molecule has 0 radical (unpaired) electrons. The molecule has 0 fully saturated rings. The number of hydrogen-bond acceptors (Lipinski definition) is 4. The van der Waals surface area contributed by atoms with E-state index >= 15 is 0 Å². The van der Waals surface area contributed by atoms with Gasteiger partial charge in [-0.3, -0.25) is 0 Å². The van der Waals surface area contributed by atoms with Gasteiger partial charge in [-0.1, -0.05) is 78.9 Å². The lowest BCUT2D eigenvalue weighted by Crippen LogP contribution is -1.94. The quantitative estimate of drug-likeness (QED) is 0.256. The van der Waals surface area contributed by atoms with Gasteiger partial charge in [-0.25, -0.2) is 9.97 Å². The van der Waals surface area contributed by atoms with Gasteiger partial charge in [0.05, 0.1) is 5.52 Å². The average Bonchev–Trinajstić information content (AvgIpc) is 3.66. The minimum absolute atomic E-state index is 0.657. The van der Waals surface area contributed by atoms with Gasteiger partial charge >= 0.3 is 0 Å². The van der Waals surface area contributed by atoms with E-state index in [1.807, 2.05) is 66.7 Å². The van der Waals surface area contributed by atoms with E-state index in [-0.39, 0.29) is 0 Å². The first kappa shape index (κ1) is 20.6. The van der Waals surface area contributed by atoms with Crippen LogP contribution in [0.15, 0.2) is 118 Å². The topological polar surface area (TPSA) is 67.8 Å². The minimum atomic E-state index is 0.657. The molecule has 0 bridgehead atoms. The van der Waals surface area contributed by atoms with Gasteiger partial charge in [-0.05, 0) is 24.3 Å². The highest BCUT2D eigenvalue weighted by Crippen LogP contribution is 2.42. The van der Waals surface area contributed by atoms with Crippen molar-refractivity contribution in [3.05, 3.63) is 109 Å². The summed E-state index contributed by atoms with van der Waals surface area (Å²) in [7, 11) is 0. The first-order chi connectivity index (χ1) is 19.3. The minimum Gasteiger partial charge on any atom is -0.456 e. The van der Waals surface area contributed by atoms with E-state index in [9.17, 15) is 0 Å². The number of para-hydroxylation sites is 2. The Bertz CT molecular complexity index is 2390. The summed E-state index contributed by atoms with van der Waals surface area (Å²) in [6.07, 6.45) is 0. The van der Waals surface area contributed by atoms with Gasteiger partial charge < -0.3 is 13.8 Å². The van der Waals surface area contributed by atoms with E-state index in [1.165, 1.54) is 5.39 Å². The van der Waals surface area contributed by atoms with Crippen molar-refractivity contribution in [2.45, 2.75) is 0 Å². The van der Waals surface area contributed by atoms with Crippen molar-refractivity contribution in [2.75, 3.05) is 0 Å². The fourth-order valence-corrected chi connectivity index (χ4v) is 5.86. The third kappa shape index (κ3) is 2.90. The van der Waals surface area contributed by atoms with Crippen LogP contribution in [-0.4, -0.2) is 15.0 Å². The third-order valence-electron chi connectivity index (χ3n) is 7.63. The fourth-order valence-electron chi connectivity index (χ4n) is 5.86. The Balaban J connectivity index is 1.44. The molecule has 9 aromatic rings. The first-order valence-electron chi connectivity index (χ1n) is 12.9. The smallest absolute Gasteiger partial charge is 0.180 e. The van der Waals surface area contributed by atoms with Gasteiger partial charge in [0.1, 0.15) is 28.0 Å². The summed E-state index contributed by atoms with van der Waals surface area (Å²) in [5.41, 5.74) is 8.69. The number of fused-ring (bicyclic) bond motifs is 9. The average molecular weight is 502 g/mol. The van der Waals surface area contributed by atoms with Crippen LogP contribution in [0, 0.1) is 0 Å². The maximum atomic E-state index is 6.59. The molecular formula is C34H19N3O2. The lowest BCUT2D eigenvalue weighted by atomic mass is 10.0. The van der Waals surface area contributed by atoms with Crippen molar-refractivity contribution in [1.29, 1.82) is 0 Å². The van der Waals surface area contributed by atoms with Crippen LogP contribution in [0.25, 0.3) is 88.5 Å². The standard InChI is InChI=1S/C34H19N3O2/c1-2-9-19(10-3-1)34-36-31(22-13-8-16-28-30(22)21-12-5-7-15-27(21)38-28)33-32(37-34)24-17-23-20-11-4-6-14-25(20)35-26(23)18-29(24)39-33/h1-18,35H. The molecule has 1 N–H and O–H groups in total. The number of rotatable bonds is 2. The molecule has 0 amide bonds. The highest BCUT2D eigenvalue weighted by atomic mass is 16.3. The molecule has 5 nitrogen and oxygen atoms in total. The van der Waals surface area contributed by atoms with Crippen molar-refractivity contribution >= 4 is 65.8 Å². The molecule has 182 valence electrons. The molecule has 4 aromatic heterocycles. The number of aromatic amines is 1. The predicted molar refractivity (Wildman–Crippen MR) is 157 cm³/mol. The molecule has 5 heteroatoms. The maximum Gasteiger partial charge on any atom is 0.180 e. The van der Waals surface area contributed by atoms with Gasteiger partial charge in [0.25, 0.3) is 0 Å². The normalized spacial score (nSPS) is 12.1. The second-order valence-electron chi connectivity index (χ2n) is 9.88. The highest BCUT2D eigenvalue weighted by Gasteiger charge is 2.22. The van der Waals surface area contributed by atoms with Crippen LogP contribution in [0.5, 0.6) is 0 Å². The summed E-state index contributed by atoms with van der Waals surface area (Å²) in [4.78, 5) is 13.7. The molecule has 9 rings (SSSR count). The molecular weight excluding hydrogens is 482 g/mol. The van der Waals surface area contributed by atoms with Crippen molar-refractivity contribution in [3.63, 3.8) is 0 Å². The summed E-state index contributed by atoms with van der Waals surface area (Å²) in [5, 5.41) is 5.35. The Morgan fingerprint density at radius 3 is 2.26 bits per heavy atom. The summed E-state index contributed by atoms with van der Waals surface area (Å²) in [5.74, 6) is 0.657. The Morgan fingerprint density at radius 1 is 0.538 bits per heavy atom. The molecule has 0 atom stereocenters. The van der Waals surface area contributed by atoms with E-state index in [0.717, 1.165) is 71.7 Å². The second kappa shape index (κ2) is 7.55. The lowest BCUT2D eigenvalue weighted by Gasteiger charge is -2.07. The van der Waals surface area contributed by atoms with Crippen molar-refractivity contribution in [1.82, 2.24) is 15.0 Å². The van der Waals surface area contributed by atoms with Crippen LogP contribution in [0.4, 0.5) is 0 Å². The Hall–Kier alpha value is -5.42. The molecule has 0 unspecified atom stereocenters. The van der Waals surface area contributed by atoms with Crippen molar-refractivity contribution in [3.8, 4) is 22.6 Å². The van der Waals surface area contributed by atoms with Crippen molar-refractivity contribution in [2.24, 2.45) is 0 Å². The van der Waals surface area contributed by atoms with E-state index in [0.29, 0.717) is 11.4 Å². The van der Waals surface area contributed by atoms with E-state index in [2.05, 4.69) is 47.4 Å². The molecule has 0 spiro atoms. The SMILES string of the molecule is c1ccc(-c2nc(-c3cccc4oc5ccccc5c34)c3oc4cc5[nH]c6ccccc6c5cc4c3n2)cc1. The largest absolute Gasteiger partial charge is 0.456 e. The van der Waals surface area contributed by atoms with Crippen LogP contribution < -0.4 is 0 Å². The Morgan fingerprint density at radius 2 is 1.33 bits per heavy atom. The number of aromatic nitrogens is 3. The van der Waals surface area contributed by atoms with E-state index in [1.54, 1.807) is 0 Å². The lowest BCUT2D eigenvalue weighted by molar-refractivity contribution is 0.667. The van der Waals surface area contributed by atoms with Crippen LogP contribution in [0.2, 0.25) is 0 Å². The Labute approximate surface area is 221 Å². The number of nitrogens with zero attached hydrogens (tertiary/aromatic N) is 2. The van der Waals surface area contributed by atoms with Gasteiger partial charge in [-0.2, -0.15) is 0 Å². The summed E-state index contributed by atoms with van der Waals surface area (Å²) >= 11 is 0. The molecule has 0 aliphatic carbocycles. The first-order valence-corrected chi connectivity index (χ1v) is 12.9. The molecule has 0 aliphatic heterocycles. The molecule has 0 aliphatic rings. The summed E-state index contributed by atoms with van der Waals surface area (Å²) in [6, 6.07) is 36.9. The molecule has 0 saturated carbocycles. The van der Waals surface area contributed by atoms with Crippen LogP contribution in [0.3, 0.4) is 0 Å². The third-order valence-corrected chi connectivity index (χ3v) is 7.63. The predicted octanol–water partition coefficient (Wildman–Crippen LogP) is 9.24. The van der Waals surface area contributed by atoms with Gasteiger partial charge in [0, 0.05) is 49.6 Å². The summed E-state index contributed by atoms with van der Waals surface area (Å²) < 4.78 is 12.8. The molecule has 5 aromatic carbocycles. The van der Waals surface area contributed by atoms with Crippen LogP contribution in [0.1, 0.15) is 0 Å². The molecule has 4 heterocycles. The summed E-state index contributed by atoms with van der Waals surface area (Å²) in [6.45, 7) is 0. The molecule has 39 heavy (non-hydrogen) atoms. The zero-order valence-electron chi connectivity index (χ0n) is 20.6. The monoisotopic (exact) mass is 501 g/mol. The Kier molecular flexibility index (Phi) is 3.99. The number of hydrogen-bond donors (Lipinski definition) is 1. The maximum absolute atomic E-state index is 6.59. The van der Waals surface area contributed by atoms with Gasteiger partial charge in [0.2, 0.25) is 0 Å². The van der Waals surface area contributed by atoms with Crippen molar-refractivity contribution < 1.29 is 8.83 Å². The van der Waals surface area contributed by atoms with Crippen LogP contribution >= 0.6 is 0 Å². The zero-order chi connectivity index (χ0) is 25.5. The van der Waals surface area contributed by atoms with Gasteiger partial charge in [-0.15, -0.1) is 0 Å². The fraction of sp³-hybridized carbons (Fsp3) is 0. The highest BCUT2D eigenvalue weighted by molar-refractivity contribution is 6.19. The molecule has 0 saturated heterocycles.